The van der Waals surface area contributed by atoms with E-state index >= 15 is 0 Å². The first-order valence-corrected chi connectivity index (χ1v) is 6.65. The van der Waals surface area contributed by atoms with Crippen molar-refractivity contribution in [1.29, 1.82) is 0 Å². The number of nitrogens with one attached hydrogen (secondary N) is 1. The van der Waals surface area contributed by atoms with Crippen LogP contribution in [0.2, 0.25) is 0 Å². The molecule has 1 heteroatoms. The highest BCUT2D eigenvalue weighted by Gasteiger charge is 2.42. The molecule has 1 aromatic rings. The molecule has 1 saturated heterocycles. The molecule has 16 heavy (non-hydrogen) atoms. The van der Waals surface area contributed by atoms with Crippen LogP contribution >= 0.6 is 0 Å². The average Bonchev–Trinajstić information content (AvgIpc) is 2.57. The maximum absolute atomic E-state index is 3.65. The zero-order valence-corrected chi connectivity index (χ0v) is 10.1. The van der Waals surface area contributed by atoms with Crippen LogP contribution in [0.25, 0.3) is 0 Å². The van der Waals surface area contributed by atoms with Crippen molar-refractivity contribution < 1.29 is 0 Å². The van der Waals surface area contributed by atoms with Gasteiger partial charge in [0.05, 0.1) is 0 Å². The largest absolute Gasteiger partial charge is 0.313 e. The van der Waals surface area contributed by atoms with Gasteiger partial charge >= 0.3 is 0 Å². The Morgan fingerprint density at radius 3 is 2.88 bits per heavy atom. The SMILES string of the molecule is CC1NCCC12CCCCc1ccccc12. The monoisotopic (exact) mass is 215 g/mol. The third-order valence-electron chi connectivity index (χ3n) is 4.72. The first-order valence-electron chi connectivity index (χ1n) is 6.65. The summed E-state index contributed by atoms with van der Waals surface area (Å²) in [6.07, 6.45) is 6.74. The minimum absolute atomic E-state index is 0.438. The van der Waals surface area contributed by atoms with Gasteiger partial charge in [0.25, 0.3) is 0 Å². The van der Waals surface area contributed by atoms with E-state index in [1.54, 1.807) is 11.1 Å². The van der Waals surface area contributed by atoms with Gasteiger partial charge in [-0.15, -0.1) is 0 Å². The standard InChI is InChI=1S/C15H21N/c1-12-15(10-11-16-12)9-5-4-7-13-6-2-3-8-14(13)15/h2-3,6,8,12,16H,4-5,7,9-11H2,1H3. The van der Waals surface area contributed by atoms with Crippen molar-refractivity contribution in [3.8, 4) is 0 Å². The summed E-state index contributed by atoms with van der Waals surface area (Å²) in [6.45, 7) is 3.56. The van der Waals surface area contributed by atoms with Crippen LogP contribution in [0.3, 0.4) is 0 Å². The predicted octanol–water partition coefficient (Wildman–Crippen LogP) is 3.03. The van der Waals surface area contributed by atoms with Crippen LogP contribution in [-0.2, 0) is 11.8 Å². The first kappa shape index (κ1) is 10.3. The van der Waals surface area contributed by atoms with Crippen LogP contribution in [0, 0.1) is 0 Å². The zero-order valence-electron chi connectivity index (χ0n) is 10.1. The van der Waals surface area contributed by atoms with E-state index in [0.29, 0.717) is 11.5 Å². The number of benzene rings is 1. The molecule has 86 valence electrons. The maximum Gasteiger partial charge on any atom is 0.0136 e. The molecule has 2 unspecified atom stereocenters. The van der Waals surface area contributed by atoms with Crippen molar-refractivity contribution in [2.45, 2.75) is 50.5 Å². The smallest absolute Gasteiger partial charge is 0.0136 e. The lowest BCUT2D eigenvalue weighted by Crippen LogP contribution is -2.38. The summed E-state index contributed by atoms with van der Waals surface area (Å²) in [5.74, 6) is 0. The summed E-state index contributed by atoms with van der Waals surface area (Å²) in [5.41, 5.74) is 3.69. The van der Waals surface area contributed by atoms with Gasteiger partial charge in [0.15, 0.2) is 0 Å². The molecular weight excluding hydrogens is 194 g/mol. The van der Waals surface area contributed by atoms with Crippen molar-refractivity contribution in [2.75, 3.05) is 6.54 Å². The molecular formula is C15H21N. The highest BCUT2D eigenvalue weighted by molar-refractivity contribution is 5.38. The van der Waals surface area contributed by atoms with Gasteiger partial charge in [0, 0.05) is 11.5 Å². The Balaban J connectivity index is 2.12. The average molecular weight is 215 g/mol. The fourth-order valence-electron chi connectivity index (χ4n) is 3.75. The first-order chi connectivity index (χ1) is 7.83. The van der Waals surface area contributed by atoms with Gasteiger partial charge in [-0.25, -0.2) is 0 Å². The number of rotatable bonds is 0. The molecule has 1 aliphatic carbocycles. The Bertz CT molecular complexity index is 385. The van der Waals surface area contributed by atoms with Crippen molar-refractivity contribution in [3.63, 3.8) is 0 Å². The van der Waals surface area contributed by atoms with Crippen LogP contribution in [-0.4, -0.2) is 12.6 Å². The summed E-state index contributed by atoms with van der Waals surface area (Å²) in [5, 5.41) is 3.65. The van der Waals surface area contributed by atoms with Crippen LogP contribution in [0.1, 0.15) is 43.7 Å². The third-order valence-corrected chi connectivity index (χ3v) is 4.72. The Hall–Kier alpha value is -0.820. The second-order valence-corrected chi connectivity index (χ2v) is 5.45. The molecule has 0 radical (unpaired) electrons. The molecule has 1 N–H and O–H groups in total. The van der Waals surface area contributed by atoms with E-state index in [-0.39, 0.29) is 0 Å². The van der Waals surface area contributed by atoms with Crippen molar-refractivity contribution in [3.05, 3.63) is 35.4 Å². The van der Waals surface area contributed by atoms with Crippen molar-refractivity contribution >= 4 is 0 Å². The Labute approximate surface area is 98.3 Å². The van der Waals surface area contributed by atoms with Crippen LogP contribution in [0.15, 0.2) is 24.3 Å². The minimum Gasteiger partial charge on any atom is -0.313 e. The van der Waals surface area contributed by atoms with Crippen LogP contribution in [0.4, 0.5) is 0 Å². The quantitative estimate of drug-likeness (QED) is 0.701. The highest BCUT2D eigenvalue weighted by atomic mass is 15.0. The molecule has 3 rings (SSSR count). The molecule has 1 nitrogen and oxygen atoms in total. The number of aryl methyl sites for hydroxylation is 1. The fourth-order valence-corrected chi connectivity index (χ4v) is 3.75. The number of hydrogen-bond acceptors (Lipinski definition) is 1. The second kappa shape index (κ2) is 3.89. The van der Waals surface area contributed by atoms with E-state index in [1.165, 1.54) is 38.6 Å². The lowest BCUT2D eigenvalue weighted by molar-refractivity contribution is 0.355. The van der Waals surface area contributed by atoms with Gasteiger partial charge < -0.3 is 5.32 Å². The molecule has 0 aromatic heterocycles. The fraction of sp³-hybridized carbons (Fsp3) is 0.600. The molecule has 1 fully saturated rings. The summed E-state index contributed by atoms with van der Waals surface area (Å²) in [7, 11) is 0. The van der Waals surface area contributed by atoms with E-state index < -0.39 is 0 Å². The molecule has 2 atom stereocenters. The predicted molar refractivity (Wildman–Crippen MR) is 67.8 cm³/mol. The van der Waals surface area contributed by atoms with E-state index in [4.69, 9.17) is 0 Å². The number of fused-ring (bicyclic) bond motifs is 2. The normalized spacial score (nSPS) is 33.7. The second-order valence-electron chi connectivity index (χ2n) is 5.45. The van der Waals surface area contributed by atoms with Gasteiger partial charge in [-0.05, 0) is 50.3 Å². The summed E-state index contributed by atoms with van der Waals surface area (Å²) < 4.78 is 0. The van der Waals surface area contributed by atoms with Gasteiger partial charge in [-0.1, -0.05) is 30.7 Å². The highest BCUT2D eigenvalue weighted by Crippen LogP contribution is 2.43. The molecule has 2 aliphatic rings. The van der Waals surface area contributed by atoms with E-state index in [0.717, 1.165) is 0 Å². The van der Waals surface area contributed by atoms with Gasteiger partial charge in [-0.3, -0.25) is 0 Å². The lowest BCUT2D eigenvalue weighted by Gasteiger charge is -2.34. The van der Waals surface area contributed by atoms with E-state index in [1.807, 2.05) is 0 Å². The molecule has 1 aromatic carbocycles. The Kier molecular flexibility index (Phi) is 2.51. The Morgan fingerprint density at radius 1 is 1.19 bits per heavy atom. The Morgan fingerprint density at radius 2 is 2.06 bits per heavy atom. The molecule has 1 aliphatic heterocycles. The summed E-state index contributed by atoms with van der Waals surface area (Å²) in [6, 6.07) is 9.78. The molecule has 1 heterocycles. The minimum atomic E-state index is 0.438. The maximum atomic E-state index is 3.65. The van der Waals surface area contributed by atoms with Crippen molar-refractivity contribution in [2.24, 2.45) is 0 Å². The van der Waals surface area contributed by atoms with E-state index in [9.17, 15) is 0 Å². The lowest BCUT2D eigenvalue weighted by atomic mass is 9.71. The number of hydrogen-bond donors (Lipinski definition) is 1. The van der Waals surface area contributed by atoms with Gasteiger partial charge in [0.1, 0.15) is 0 Å². The molecule has 1 spiro atoms. The van der Waals surface area contributed by atoms with Crippen LogP contribution in [0.5, 0.6) is 0 Å². The van der Waals surface area contributed by atoms with Gasteiger partial charge in [-0.2, -0.15) is 0 Å². The van der Waals surface area contributed by atoms with Gasteiger partial charge in [0.2, 0.25) is 0 Å². The topological polar surface area (TPSA) is 12.0 Å². The summed E-state index contributed by atoms with van der Waals surface area (Å²) in [4.78, 5) is 0. The zero-order chi connectivity index (χ0) is 11.0. The molecule has 0 bridgehead atoms. The van der Waals surface area contributed by atoms with E-state index in [2.05, 4.69) is 36.5 Å². The summed E-state index contributed by atoms with van der Waals surface area (Å²) >= 11 is 0. The van der Waals surface area contributed by atoms with Crippen LogP contribution < -0.4 is 5.32 Å². The van der Waals surface area contributed by atoms with Crippen molar-refractivity contribution in [1.82, 2.24) is 5.32 Å². The third kappa shape index (κ3) is 1.41. The molecule has 0 amide bonds. The molecule has 0 saturated carbocycles.